The number of halogens is 1. The first-order valence-electron chi connectivity index (χ1n) is 4.85. The average molecular weight is 253 g/mol. The molecule has 1 aliphatic heterocycles. The van der Waals surface area contributed by atoms with Gasteiger partial charge in [0.25, 0.3) is 0 Å². The van der Waals surface area contributed by atoms with E-state index in [9.17, 15) is 0 Å². The van der Waals surface area contributed by atoms with Gasteiger partial charge in [-0.3, -0.25) is 4.90 Å². The van der Waals surface area contributed by atoms with Gasteiger partial charge in [-0.05, 0) is 37.5 Å². The maximum atomic E-state index is 4.10. The Labute approximate surface area is 94.2 Å². The van der Waals surface area contributed by atoms with Gasteiger partial charge < -0.3 is 0 Å². The highest BCUT2D eigenvalue weighted by Gasteiger charge is 2.30. The Balaban J connectivity index is 2.46. The highest BCUT2D eigenvalue weighted by Crippen LogP contribution is 2.33. The SMILES string of the molecule is [CH2]N1Cc2cccc(Br)c2CC1(C)C. The van der Waals surface area contributed by atoms with Gasteiger partial charge in [0.05, 0.1) is 0 Å². The van der Waals surface area contributed by atoms with Crippen LogP contribution in [0.5, 0.6) is 0 Å². The minimum atomic E-state index is 0.164. The highest BCUT2D eigenvalue weighted by atomic mass is 79.9. The molecule has 1 aliphatic rings. The Bertz CT molecular complexity index is 357. The molecule has 1 aromatic carbocycles. The van der Waals surface area contributed by atoms with Gasteiger partial charge in [0.1, 0.15) is 0 Å². The van der Waals surface area contributed by atoms with E-state index in [-0.39, 0.29) is 5.54 Å². The third-order valence-corrected chi connectivity index (χ3v) is 3.79. The zero-order chi connectivity index (χ0) is 10.3. The lowest BCUT2D eigenvalue weighted by Crippen LogP contribution is -2.44. The summed E-state index contributed by atoms with van der Waals surface area (Å²) in [4.78, 5) is 2.17. The van der Waals surface area contributed by atoms with E-state index < -0.39 is 0 Å². The van der Waals surface area contributed by atoms with E-state index in [1.54, 1.807) is 0 Å². The van der Waals surface area contributed by atoms with E-state index >= 15 is 0 Å². The largest absolute Gasteiger partial charge is 0.292 e. The summed E-state index contributed by atoms with van der Waals surface area (Å²) < 4.78 is 1.23. The van der Waals surface area contributed by atoms with Crippen LogP contribution in [0, 0.1) is 7.05 Å². The summed E-state index contributed by atoms with van der Waals surface area (Å²) in [5.41, 5.74) is 3.00. The molecular weight excluding hydrogens is 238 g/mol. The van der Waals surface area contributed by atoms with E-state index in [1.807, 2.05) is 0 Å². The fourth-order valence-electron chi connectivity index (χ4n) is 1.91. The number of rotatable bonds is 0. The highest BCUT2D eigenvalue weighted by molar-refractivity contribution is 9.10. The first kappa shape index (κ1) is 10.2. The Morgan fingerprint density at radius 2 is 2.14 bits per heavy atom. The number of nitrogens with zero attached hydrogens (tertiary/aromatic N) is 1. The van der Waals surface area contributed by atoms with Gasteiger partial charge in [-0.2, -0.15) is 0 Å². The molecule has 0 saturated heterocycles. The molecule has 1 heterocycles. The summed E-state index contributed by atoms with van der Waals surface area (Å²) in [5, 5.41) is 0. The van der Waals surface area contributed by atoms with Crippen molar-refractivity contribution in [3.8, 4) is 0 Å². The van der Waals surface area contributed by atoms with Crippen LogP contribution >= 0.6 is 15.9 Å². The second-order valence-electron chi connectivity index (χ2n) is 4.56. The summed E-state index contributed by atoms with van der Waals surface area (Å²) in [5.74, 6) is 0. The van der Waals surface area contributed by atoms with Crippen molar-refractivity contribution in [2.24, 2.45) is 0 Å². The van der Waals surface area contributed by atoms with Gasteiger partial charge in [-0.1, -0.05) is 28.1 Å². The monoisotopic (exact) mass is 252 g/mol. The van der Waals surface area contributed by atoms with Crippen LogP contribution in [0.1, 0.15) is 25.0 Å². The Morgan fingerprint density at radius 3 is 2.86 bits per heavy atom. The topological polar surface area (TPSA) is 3.24 Å². The first-order chi connectivity index (χ1) is 6.50. The molecule has 0 N–H and O–H groups in total. The molecule has 0 atom stereocenters. The second kappa shape index (κ2) is 3.35. The third kappa shape index (κ3) is 1.61. The molecule has 75 valence electrons. The van der Waals surface area contributed by atoms with Crippen LogP contribution in [0.15, 0.2) is 22.7 Å². The fourth-order valence-corrected chi connectivity index (χ4v) is 2.46. The molecule has 0 aromatic heterocycles. The van der Waals surface area contributed by atoms with Crippen LogP contribution < -0.4 is 0 Å². The molecule has 1 radical (unpaired) electrons. The number of fused-ring (bicyclic) bond motifs is 1. The summed E-state index contributed by atoms with van der Waals surface area (Å²) in [6, 6.07) is 6.40. The Kier molecular flexibility index (Phi) is 2.44. The van der Waals surface area contributed by atoms with Crippen molar-refractivity contribution in [1.29, 1.82) is 0 Å². The van der Waals surface area contributed by atoms with Crippen LogP contribution in [-0.4, -0.2) is 10.4 Å². The predicted octanol–water partition coefficient (Wildman–Crippen LogP) is 3.38. The molecule has 14 heavy (non-hydrogen) atoms. The van der Waals surface area contributed by atoms with Gasteiger partial charge in [0, 0.05) is 23.6 Å². The molecule has 0 amide bonds. The number of benzene rings is 1. The minimum absolute atomic E-state index is 0.164. The fraction of sp³-hybridized carbons (Fsp3) is 0.417. The van der Waals surface area contributed by atoms with Gasteiger partial charge in [-0.25, -0.2) is 0 Å². The van der Waals surface area contributed by atoms with Crippen molar-refractivity contribution in [3.05, 3.63) is 40.8 Å². The lowest BCUT2D eigenvalue weighted by atomic mass is 9.86. The summed E-state index contributed by atoms with van der Waals surface area (Å²) in [7, 11) is 4.10. The normalized spacial score (nSPS) is 20.6. The van der Waals surface area contributed by atoms with E-state index in [4.69, 9.17) is 0 Å². The third-order valence-electron chi connectivity index (χ3n) is 3.04. The van der Waals surface area contributed by atoms with Crippen molar-refractivity contribution < 1.29 is 0 Å². The van der Waals surface area contributed by atoms with Crippen molar-refractivity contribution in [1.82, 2.24) is 4.90 Å². The van der Waals surface area contributed by atoms with Crippen molar-refractivity contribution in [3.63, 3.8) is 0 Å². The Hall–Kier alpha value is -0.340. The average Bonchev–Trinajstić information content (AvgIpc) is 2.09. The van der Waals surface area contributed by atoms with Gasteiger partial charge in [0.2, 0.25) is 0 Å². The van der Waals surface area contributed by atoms with Crippen LogP contribution in [0.25, 0.3) is 0 Å². The molecule has 0 unspecified atom stereocenters. The lowest BCUT2D eigenvalue weighted by Gasteiger charge is -2.41. The van der Waals surface area contributed by atoms with Crippen LogP contribution in [0.3, 0.4) is 0 Å². The van der Waals surface area contributed by atoms with E-state index in [0.717, 1.165) is 13.0 Å². The van der Waals surface area contributed by atoms with E-state index in [1.165, 1.54) is 15.6 Å². The maximum absolute atomic E-state index is 4.10. The van der Waals surface area contributed by atoms with Crippen molar-refractivity contribution in [2.45, 2.75) is 32.4 Å². The quantitative estimate of drug-likeness (QED) is 0.685. The molecule has 1 nitrogen and oxygen atoms in total. The van der Waals surface area contributed by atoms with E-state index in [2.05, 4.69) is 59.9 Å². The molecule has 0 saturated carbocycles. The number of hydrogen-bond acceptors (Lipinski definition) is 1. The van der Waals surface area contributed by atoms with Crippen LogP contribution in [0.4, 0.5) is 0 Å². The maximum Gasteiger partial charge on any atom is 0.0242 e. The van der Waals surface area contributed by atoms with E-state index in [0.29, 0.717) is 0 Å². The molecular formula is C12H15BrN. The lowest BCUT2D eigenvalue weighted by molar-refractivity contribution is 0.156. The van der Waals surface area contributed by atoms with Gasteiger partial charge >= 0.3 is 0 Å². The van der Waals surface area contributed by atoms with Gasteiger partial charge in [-0.15, -0.1) is 0 Å². The molecule has 0 aliphatic carbocycles. The minimum Gasteiger partial charge on any atom is -0.292 e. The zero-order valence-corrected chi connectivity index (χ0v) is 10.3. The molecule has 0 fully saturated rings. The molecule has 2 rings (SSSR count). The summed E-state index contributed by atoms with van der Waals surface area (Å²) in [6.07, 6.45) is 1.06. The predicted molar refractivity (Wildman–Crippen MR) is 62.8 cm³/mol. The van der Waals surface area contributed by atoms with Gasteiger partial charge in [0.15, 0.2) is 0 Å². The first-order valence-corrected chi connectivity index (χ1v) is 5.64. The molecule has 2 heteroatoms. The van der Waals surface area contributed by atoms with Crippen molar-refractivity contribution >= 4 is 15.9 Å². The van der Waals surface area contributed by atoms with Crippen LogP contribution in [-0.2, 0) is 13.0 Å². The Morgan fingerprint density at radius 1 is 1.43 bits per heavy atom. The number of hydrogen-bond donors (Lipinski definition) is 0. The molecule has 0 bridgehead atoms. The second-order valence-corrected chi connectivity index (χ2v) is 5.42. The molecule has 1 aromatic rings. The standard InChI is InChI=1S/C12H15BrN/c1-12(2)7-10-9(8-14(12)3)5-4-6-11(10)13/h4-6H,3,7-8H2,1-2H3. The summed E-state index contributed by atoms with van der Waals surface area (Å²) in [6.45, 7) is 5.42. The smallest absolute Gasteiger partial charge is 0.0242 e. The summed E-state index contributed by atoms with van der Waals surface area (Å²) >= 11 is 3.61. The van der Waals surface area contributed by atoms with Crippen LogP contribution in [0.2, 0.25) is 0 Å². The molecule has 0 spiro atoms. The van der Waals surface area contributed by atoms with Crippen molar-refractivity contribution in [2.75, 3.05) is 0 Å². The zero-order valence-electron chi connectivity index (χ0n) is 8.68.